The quantitative estimate of drug-likeness (QED) is 0.328. The molecule has 5 rings (SSSR count). The van der Waals surface area contributed by atoms with Crippen molar-refractivity contribution in [1.29, 1.82) is 0 Å². The maximum atomic E-state index is 5.74. The summed E-state index contributed by atoms with van der Waals surface area (Å²) in [5.74, 6) is 1.79. The van der Waals surface area contributed by atoms with Crippen LogP contribution in [0.4, 0.5) is 0 Å². The van der Waals surface area contributed by atoms with Crippen molar-refractivity contribution in [2.24, 2.45) is 7.05 Å². The molecular weight excluding hydrogens is 342 g/mol. The molecule has 0 N–H and O–H groups in total. The molecule has 1 aliphatic heterocycles. The second-order valence-electron chi connectivity index (χ2n) is 6.41. The first kappa shape index (κ1) is 15.5. The second-order valence-corrected chi connectivity index (χ2v) is 7.46. The zero-order valence-corrected chi connectivity index (χ0v) is 15.7. The Labute approximate surface area is 156 Å². The van der Waals surface area contributed by atoms with Gasteiger partial charge in [-0.3, -0.25) is 0 Å². The van der Waals surface area contributed by atoms with Crippen LogP contribution >= 0.6 is 11.8 Å². The Kier molecular flexibility index (Phi) is 3.37. The van der Waals surface area contributed by atoms with Gasteiger partial charge in [-0.15, -0.1) is 0 Å². The van der Waals surface area contributed by atoms with E-state index in [9.17, 15) is 0 Å². The Morgan fingerprint density at radius 1 is 0.885 bits per heavy atom. The van der Waals surface area contributed by atoms with Crippen molar-refractivity contribution >= 4 is 33.6 Å². The average molecular weight is 360 g/mol. The second kappa shape index (κ2) is 5.64. The summed E-state index contributed by atoms with van der Waals surface area (Å²) in [7, 11) is 5.57. The minimum absolute atomic E-state index is 0.870. The maximum Gasteiger partial charge on any atom is 0.217 e. The highest BCUT2D eigenvalue weighted by molar-refractivity contribution is 8.00. The molecule has 0 bridgehead atoms. The molecular formula is C22H18NO2S+. The van der Waals surface area contributed by atoms with E-state index in [0.29, 0.717) is 0 Å². The van der Waals surface area contributed by atoms with Crippen molar-refractivity contribution < 1.29 is 14.0 Å². The van der Waals surface area contributed by atoms with Crippen molar-refractivity contribution in [2.45, 2.75) is 9.79 Å². The van der Waals surface area contributed by atoms with Crippen LogP contribution in [0.15, 0.2) is 64.4 Å². The van der Waals surface area contributed by atoms with Crippen molar-refractivity contribution in [1.82, 2.24) is 0 Å². The molecule has 0 aliphatic carbocycles. The van der Waals surface area contributed by atoms with Gasteiger partial charge in [0.1, 0.15) is 18.5 Å². The Hall–Kier alpha value is -2.72. The van der Waals surface area contributed by atoms with Gasteiger partial charge in [0.15, 0.2) is 0 Å². The molecule has 128 valence electrons. The zero-order chi connectivity index (χ0) is 17.8. The number of hydrogen-bond donors (Lipinski definition) is 0. The highest BCUT2D eigenvalue weighted by atomic mass is 32.2. The first-order valence-electron chi connectivity index (χ1n) is 8.50. The number of fused-ring (bicyclic) bond motifs is 4. The molecule has 0 amide bonds. The van der Waals surface area contributed by atoms with E-state index >= 15 is 0 Å². The van der Waals surface area contributed by atoms with Crippen LogP contribution in [0.25, 0.3) is 32.9 Å². The van der Waals surface area contributed by atoms with Gasteiger partial charge in [0.05, 0.1) is 31.1 Å². The van der Waals surface area contributed by atoms with E-state index in [2.05, 4.69) is 60.1 Å². The lowest BCUT2D eigenvalue weighted by Crippen LogP contribution is -2.30. The van der Waals surface area contributed by atoms with E-state index in [1.54, 1.807) is 14.2 Å². The number of nitrogens with zero attached hydrogens (tertiary/aromatic N) is 1. The van der Waals surface area contributed by atoms with Gasteiger partial charge in [0, 0.05) is 27.0 Å². The summed E-state index contributed by atoms with van der Waals surface area (Å²) in [4.78, 5) is 2.54. The van der Waals surface area contributed by atoms with Gasteiger partial charge in [-0.25, -0.2) is 0 Å². The van der Waals surface area contributed by atoms with Crippen molar-refractivity contribution in [3.8, 4) is 22.6 Å². The Morgan fingerprint density at radius 3 is 2.54 bits per heavy atom. The first-order valence-corrected chi connectivity index (χ1v) is 9.32. The molecule has 0 fully saturated rings. The van der Waals surface area contributed by atoms with Crippen LogP contribution in [0.2, 0.25) is 0 Å². The van der Waals surface area contributed by atoms with Crippen molar-refractivity contribution in [3.05, 3.63) is 54.6 Å². The van der Waals surface area contributed by atoms with E-state index in [1.165, 1.54) is 37.2 Å². The molecule has 0 saturated carbocycles. The number of rotatable bonds is 2. The summed E-state index contributed by atoms with van der Waals surface area (Å²) in [6.07, 6.45) is 0. The molecule has 3 nitrogen and oxygen atoms in total. The monoisotopic (exact) mass is 360 g/mol. The number of methoxy groups -OCH3 is 2. The minimum Gasteiger partial charge on any atom is -0.497 e. The molecule has 26 heavy (non-hydrogen) atoms. The molecule has 0 saturated heterocycles. The van der Waals surface area contributed by atoms with Crippen LogP contribution < -0.4 is 14.0 Å². The van der Waals surface area contributed by atoms with E-state index in [1.807, 2.05) is 17.8 Å². The normalized spacial score (nSPS) is 12.3. The minimum atomic E-state index is 0.870. The molecule has 1 aliphatic rings. The van der Waals surface area contributed by atoms with Crippen molar-refractivity contribution in [3.63, 3.8) is 0 Å². The SMILES string of the molecule is COc1ccc2c3c4c(c(OC)ccc4[n+](C)c2c1)-c1ccccc1S3. The predicted molar refractivity (Wildman–Crippen MR) is 105 cm³/mol. The van der Waals surface area contributed by atoms with Crippen molar-refractivity contribution in [2.75, 3.05) is 14.2 Å². The number of aryl methyl sites for hydroxylation is 1. The number of ether oxygens (including phenoxy) is 2. The van der Waals surface area contributed by atoms with Crippen LogP contribution in [-0.4, -0.2) is 14.2 Å². The summed E-state index contributed by atoms with van der Waals surface area (Å²) in [6, 6.07) is 19.1. The summed E-state index contributed by atoms with van der Waals surface area (Å²) in [6.45, 7) is 0. The van der Waals surface area contributed by atoms with Crippen LogP contribution in [0.3, 0.4) is 0 Å². The average Bonchev–Trinajstić information content (AvgIpc) is 2.70. The highest BCUT2D eigenvalue weighted by Gasteiger charge is 2.29. The molecule has 1 aromatic heterocycles. The number of benzene rings is 3. The Morgan fingerprint density at radius 2 is 1.73 bits per heavy atom. The molecule has 0 unspecified atom stereocenters. The van der Waals surface area contributed by atoms with Gasteiger partial charge in [0.25, 0.3) is 0 Å². The summed E-state index contributed by atoms with van der Waals surface area (Å²) < 4.78 is 13.4. The fraction of sp³-hybridized carbons (Fsp3) is 0.136. The zero-order valence-electron chi connectivity index (χ0n) is 14.9. The smallest absolute Gasteiger partial charge is 0.217 e. The van der Waals surface area contributed by atoms with Crippen LogP contribution in [0.5, 0.6) is 11.5 Å². The highest BCUT2D eigenvalue weighted by Crippen LogP contribution is 2.52. The lowest BCUT2D eigenvalue weighted by Gasteiger charge is -2.22. The Balaban J connectivity index is 2.03. The predicted octanol–water partition coefficient (Wildman–Crippen LogP) is 4.97. The summed E-state index contributed by atoms with van der Waals surface area (Å²) >= 11 is 1.84. The van der Waals surface area contributed by atoms with Gasteiger partial charge in [-0.2, -0.15) is 4.57 Å². The fourth-order valence-electron chi connectivity index (χ4n) is 3.87. The third-order valence-corrected chi connectivity index (χ3v) is 6.34. The molecule has 0 spiro atoms. The number of aromatic nitrogens is 1. The van der Waals surface area contributed by atoms with E-state index < -0.39 is 0 Å². The third-order valence-electron chi connectivity index (χ3n) is 5.13. The van der Waals surface area contributed by atoms with E-state index in [4.69, 9.17) is 9.47 Å². The number of hydrogen-bond acceptors (Lipinski definition) is 3. The Bertz CT molecular complexity index is 1200. The largest absolute Gasteiger partial charge is 0.497 e. The fourth-order valence-corrected chi connectivity index (χ4v) is 5.11. The molecule has 4 aromatic rings. The van der Waals surface area contributed by atoms with Gasteiger partial charge in [-0.1, -0.05) is 30.0 Å². The van der Waals surface area contributed by atoms with Crippen LogP contribution in [0, 0.1) is 0 Å². The first-order chi connectivity index (χ1) is 12.7. The summed E-state index contributed by atoms with van der Waals surface area (Å²) in [5, 5.41) is 2.49. The lowest BCUT2D eigenvalue weighted by molar-refractivity contribution is -0.617. The molecule has 0 atom stereocenters. The maximum absolute atomic E-state index is 5.74. The lowest BCUT2D eigenvalue weighted by atomic mass is 9.97. The molecule has 0 radical (unpaired) electrons. The molecule has 3 aromatic carbocycles. The van der Waals surface area contributed by atoms with Crippen LogP contribution in [-0.2, 0) is 7.05 Å². The topological polar surface area (TPSA) is 22.3 Å². The summed E-state index contributed by atoms with van der Waals surface area (Å²) in [5.41, 5.74) is 4.77. The molecule has 4 heteroatoms. The van der Waals surface area contributed by atoms with E-state index in [0.717, 1.165) is 17.0 Å². The third kappa shape index (κ3) is 1.99. The van der Waals surface area contributed by atoms with Gasteiger partial charge in [0.2, 0.25) is 11.0 Å². The standard InChI is InChI=1S/C22H18NO2S/c1-23-16-10-11-18(25-3)20-15-6-4-5-7-19(15)26-22(21(16)20)14-9-8-13(24-2)12-17(14)23/h4-12H,1-3H3/q+1. The van der Waals surface area contributed by atoms with Gasteiger partial charge in [-0.05, 0) is 24.3 Å². The van der Waals surface area contributed by atoms with Gasteiger partial charge >= 0.3 is 0 Å². The van der Waals surface area contributed by atoms with E-state index in [-0.39, 0.29) is 0 Å². The number of pyridine rings is 1. The van der Waals surface area contributed by atoms with Crippen LogP contribution in [0.1, 0.15) is 0 Å². The molecule has 2 heterocycles. The van der Waals surface area contributed by atoms with Gasteiger partial charge < -0.3 is 9.47 Å².